The van der Waals surface area contributed by atoms with E-state index in [1.54, 1.807) is 0 Å². The second-order valence-corrected chi connectivity index (χ2v) is 5.26. The van der Waals surface area contributed by atoms with Gasteiger partial charge in [-0.05, 0) is 37.3 Å². The third-order valence-corrected chi connectivity index (χ3v) is 3.19. The highest BCUT2D eigenvalue weighted by Crippen LogP contribution is 2.20. The molecule has 1 aromatic carbocycles. The predicted molar refractivity (Wildman–Crippen MR) is 85.8 cm³/mol. The fourth-order valence-electron chi connectivity index (χ4n) is 2.08. The maximum Gasteiger partial charge on any atom is 0.311 e. The van der Waals surface area contributed by atoms with Gasteiger partial charge in [-0.1, -0.05) is 38.5 Å². The van der Waals surface area contributed by atoms with Gasteiger partial charge < -0.3 is 9.47 Å². The van der Waals surface area contributed by atoms with Gasteiger partial charge in [-0.15, -0.1) is 0 Å². The first-order valence-corrected chi connectivity index (χ1v) is 8.11. The molecule has 0 saturated heterocycles. The van der Waals surface area contributed by atoms with Crippen LogP contribution >= 0.6 is 0 Å². The number of benzene rings is 1. The zero-order valence-electron chi connectivity index (χ0n) is 13.6. The summed E-state index contributed by atoms with van der Waals surface area (Å²) in [6.45, 7) is 4.52. The van der Waals surface area contributed by atoms with Crippen molar-refractivity contribution in [3.63, 3.8) is 0 Å². The lowest BCUT2D eigenvalue weighted by Gasteiger charge is -2.09. The van der Waals surface area contributed by atoms with E-state index in [4.69, 9.17) is 9.47 Å². The molecule has 4 heteroatoms. The molecule has 0 atom stereocenters. The van der Waals surface area contributed by atoms with E-state index in [-0.39, 0.29) is 11.9 Å². The molecule has 0 aliphatic carbocycles. The quantitative estimate of drug-likeness (QED) is 0.371. The van der Waals surface area contributed by atoms with E-state index >= 15 is 0 Å². The topological polar surface area (TPSA) is 52.6 Å². The van der Waals surface area contributed by atoms with Crippen LogP contribution in [0.2, 0.25) is 0 Å². The van der Waals surface area contributed by atoms with E-state index in [2.05, 4.69) is 6.92 Å². The fourth-order valence-corrected chi connectivity index (χ4v) is 2.08. The summed E-state index contributed by atoms with van der Waals surface area (Å²) >= 11 is 0. The van der Waals surface area contributed by atoms with Gasteiger partial charge in [0.1, 0.15) is 5.75 Å². The van der Waals surface area contributed by atoms with Crippen molar-refractivity contribution in [2.45, 2.75) is 58.8 Å². The Hall–Kier alpha value is -1.84. The van der Waals surface area contributed by atoms with Gasteiger partial charge in [-0.2, -0.15) is 0 Å². The van der Waals surface area contributed by atoms with Gasteiger partial charge in [0.25, 0.3) is 0 Å². The van der Waals surface area contributed by atoms with Crippen molar-refractivity contribution in [3.8, 4) is 5.75 Å². The van der Waals surface area contributed by atoms with E-state index < -0.39 is 0 Å². The molecule has 0 bridgehead atoms. The Morgan fingerprint density at radius 1 is 0.955 bits per heavy atom. The Bertz CT molecular complexity index is 468. The summed E-state index contributed by atoms with van der Waals surface area (Å²) in [5, 5.41) is 0. The van der Waals surface area contributed by atoms with Gasteiger partial charge in [0.05, 0.1) is 6.61 Å². The minimum absolute atomic E-state index is 0.191. The van der Waals surface area contributed by atoms with Crippen LogP contribution in [-0.4, -0.2) is 18.5 Å². The highest BCUT2D eigenvalue weighted by molar-refractivity contribution is 5.73. The first-order valence-electron chi connectivity index (χ1n) is 8.11. The molecule has 0 aliphatic heterocycles. The van der Waals surface area contributed by atoms with Crippen LogP contribution in [0.4, 0.5) is 0 Å². The molecule has 0 fully saturated rings. The zero-order valence-corrected chi connectivity index (χ0v) is 13.6. The van der Waals surface area contributed by atoms with Gasteiger partial charge in [0.2, 0.25) is 0 Å². The van der Waals surface area contributed by atoms with Crippen molar-refractivity contribution in [3.05, 3.63) is 29.8 Å². The third-order valence-electron chi connectivity index (χ3n) is 3.19. The SMILES string of the molecule is CCCOC(=O)CCCCC(=O)Oc1ccccc1CCC. The molecule has 0 aromatic heterocycles. The van der Waals surface area contributed by atoms with Gasteiger partial charge in [0, 0.05) is 12.8 Å². The molecule has 0 radical (unpaired) electrons. The number of aryl methyl sites for hydroxylation is 1. The summed E-state index contributed by atoms with van der Waals surface area (Å²) < 4.78 is 10.4. The van der Waals surface area contributed by atoms with E-state index in [1.807, 2.05) is 31.2 Å². The van der Waals surface area contributed by atoms with Gasteiger partial charge in [-0.3, -0.25) is 9.59 Å². The third kappa shape index (κ3) is 7.25. The molecule has 1 aromatic rings. The largest absolute Gasteiger partial charge is 0.466 e. The van der Waals surface area contributed by atoms with Crippen LogP contribution in [0, 0.1) is 0 Å². The number of unbranched alkanes of at least 4 members (excludes halogenated alkanes) is 1. The normalized spacial score (nSPS) is 10.3. The molecule has 0 unspecified atom stereocenters. The standard InChI is InChI=1S/C18H26O4/c1-3-9-15-10-5-6-11-16(15)22-18(20)13-8-7-12-17(19)21-14-4-2/h5-6,10-11H,3-4,7-9,12-14H2,1-2H3. The molecular weight excluding hydrogens is 280 g/mol. The number of para-hydroxylation sites is 1. The molecule has 0 heterocycles. The average Bonchev–Trinajstić information content (AvgIpc) is 2.51. The lowest BCUT2D eigenvalue weighted by atomic mass is 10.1. The van der Waals surface area contributed by atoms with E-state index in [0.717, 1.165) is 24.8 Å². The van der Waals surface area contributed by atoms with E-state index in [9.17, 15) is 9.59 Å². The summed E-state index contributed by atoms with van der Waals surface area (Å²) in [7, 11) is 0. The summed E-state index contributed by atoms with van der Waals surface area (Å²) in [6, 6.07) is 7.62. The molecule has 1 rings (SSSR count). The van der Waals surface area contributed by atoms with Crippen LogP contribution in [0.15, 0.2) is 24.3 Å². The smallest absolute Gasteiger partial charge is 0.311 e. The maximum absolute atomic E-state index is 11.8. The van der Waals surface area contributed by atoms with Crippen LogP contribution in [-0.2, 0) is 20.7 Å². The molecule has 0 spiro atoms. The van der Waals surface area contributed by atoms with E-state index in [1.165, 1.54) is 0 Å². The van der Waals surface area contributed by atoms with Crippen molar-refractivity contribution in [2.75, 3.05) is 6.61 Å². The molecule has 22 heavy (non-hydrogen) atoms. The van der Waals surface area contributed by atoms with Crippen LogP contribution in [0.5, 0.6) is 5.75 Å². The Morgan fingerprint density at radius 2 is 1.64 bits per heavy atom. The average molecular weight is 306 g/mol. The van der Waals surface area contributed by atoms with Gasteiger partial charge >= 0.3 is 11.9 Å². The van der Waals surface area contributed by atoms with Crippen molar-refractivity contribution in [1.82, 2.24) is 0 Å². The van der Waals surface area contributed by atoms with Crippen LogP contribution < -0.4 is 4.74 Å². The summed E-state index contributed by atoms with van der Waals surface area (Å²) in [5.74, 6) is 0.214. The Kier molecular flexibility index (Phi) is 8.96. The molecule has 0 aliphatic rings. The first kappa shape index (κ1) is 18.2. The molecule has 122 valence electrons. The number of carbonyl (C=O) groups is 2. The maximum atomic E-state index is 11.8. The highest BCUT2D eigenvalue weighted by atomic mass is 16.5. The molecule has 0 saturated carbocycles. The Morgan fingerprint density at radius 3 is 2.32 bits per heavy atom. The number of esters is 2. The zero-order chi connectivity index (χ0) is 16.2. The fraction of sp³-hybridized carbons (Fsp3) is 0.556. The minimum atomic E-state index is -0.245. The van der Waals surface area contributed by atoms with Crippen molar-refractivity contribution in [1.29, 1.82) is 0 Å². The minimum Gasteiger partial charge on any atom is -0.466 e. The van der Waals surface area contributed by atoms with Gasteiger partial charge in [0.15, 0.2) is 0 Å². The summed E-state index contributed by atoms with van der Waals surface area (Å²) in [5.41, 5.74) is 1.06. The van der Waals surface area contributed by atoms with E-state index in [0.29, 0.717) is 38.0 Å². The lowest BCUT2D eigenvalue weighted by Crippen LogP contribution is -2.10. The monoisotopic (exact) mass is 306 g/mol. The second kappa shape index (κ2) is 10.8. The summed E-state index contributed by atoms with van der Waals surface area (Å²) in [4.78, 5) is 23.2. The Labute approximate surface area is 132 Å². The molecule has 0 amide bonds. The van der Waals surface area contributed by atoms with Crippen LogP contribution in [0.25, 0.3) is 0 Å². The van der Waals surface area contributed by atoms with Crippen molar-refractivity contribution < 1.29 is 19.1 Å². The van der Waals surface area contributed by atoms with Gasteiger partial charge in [-0.25, -0.2) is 0 Å². The number of ether oxygens (including phenoxy) is 2. The van der Waals surface area contributed by atoms with Crippen LogP contribution in [0.1, 0.15) is 57.9 Å². The molecular formula is C18H26O4. The molecule has 0 N–H and O–H groups in total. The molecule has 4 nitrogen and oxygen atoms in total. The number of hydrogen-bond donors (Lipinski definition) is 0. The number of rotatable bonds is 10. The Balaban J connectivity index is 2.28. The first-order chi connectivity index (χ1) is 10.7. The summed E-state index contributed by atoms with van der Waals surface area (Å²) in [6.07, 6.45) is 4.70. The van der Waals surface area contributed by atoms with Crippen molar-refractivity contribution >= 4 is 11.9 Å². The number of hydrogen-bond acceptors (Lipinski definition) is 4. The van der Waals surface area contributed by atoms with Crippen molar-refractivity contribution in [2.24, 2.45) is 0 Å². The highest BCUT2D eigenvalue weighted by Gasteiger charge is 2.09. The van der Waals surface area contributed by atoms with Crippen LogP contribution in [0.3, 0.4) is 0 Å². The second-order valence-electron chi connectivity index (χ2n) is 5.26. The number of carbonyl (C=O) groups excluding carboxylic acids is 2. The predicted octanol–water partition coefficient (Wildman–Crippen LogP) is 4.06. The lowest BCUT2D eigenvalue weighted by molar-refractivity contribution is -0.144.